The van der Waals surface area contributed by atoms with Crippen LogP contribution in [0.2, 0.25) is 0 Å². The molecule has 1 N–H and O–H groups in total. The number of ether oxygens (including phenoxy) is 1. The first-order chi connectivity index (χ1) is 10.6. The molecule has 1 aromatic heterocycles. The summed E-state index contributed by atoms with van der Waals surface area (Å²) in [5.74, 6) is -1.48. The number of likely N-dealkylation sites (tertiary alicyclic amines) is 1. The van der Waals surface area contributed by atoms with Gasteiger partial charge < -0.3 is 15.0 Å². The van der Waals surface area contributed by atoms with Gasteiger partial charge in [-0.1, -0.05) is 0 Å². The van der Waals surface area contributed by atoms with Gasteiger partial charge in [-0.15, -0.1) is 0 Å². The fraction of sp³-hybridized carbons (Fsp3) is 0.357. The van der Waals surface area contributed by atoms with E-state index in [1.54, 1.807) is 4.90 Å². The van der Waals surface area contributed by atoms with Crippen molar-refractivity contribution >= 4 is 22.8 Å². The van der Waals surface area contributed by atoms with Crippen molar-refractivity contribution in [1.29, 1.82) is 0 Å². The van der Waals surface area contributed by atoms with E-state index in [4.69, 9.17) is 0 Å². The van der Waals surface area contributed by atoms with Gasteiger partial charge in [0.1, 0.15) is 12.1 Å². The normalized spacial score (nSPS) is 17.8. The van der Waals surface area contributed by atoms with Crippen molar-refractivity contribution in [3.8, 4) is 0 Å². The lowest BCUT2D eigenvalue weighted by molar-refractivity contribution is 0.133. The van der Waals surface area contributed by atoms with Crippen LogP contribution in [0.3, 0.4) is 0 Å². The number of rotatable bonds is 2. The minimum absolute atomic E-state index is 0.0367. The number of halogens is 2. The van der Waals surface area contributed by atoms with Crippen LogP contribution in [0, 0.1) is 11.6 Å². The zero-order chi connectivity index (χ0) is 15.7. The van der Waals surface area contributed by atoms with Crippen LogP contribution >= 0.6 is 0 Å². The number of fused-ring (bicyclic) bond motifs is 1. The number of aromatic nitrogens is 2. The molecule has 1 saturated heterocycles. The predicted molar refractivity (Wildman–Crippen MR) is 75.5 cm³/mol. The summed E-state index contributed by atoms with van der Waals surface area (Å²) in [7, 11) is 1.33. The summed E-state index contributed by atoms with van der Waals surface area (Å²) in [6.45, 7) is 1.03. The number of benzene rings is 1. The number of methoxy groups -OCH3 is 1. The molecular formula is C14H14F2N4O2. The third-order valence-corrected chi connectivity index (χ3v) is 3.64. The molecule has 0 aliphatic carbocycles. The molecule has 8 heteroatoms. The van der Waals surface area contributed by atoms with Crippen LogP contribution < -0.4 is 5.32 Å². The number of nitrogens with one attached hydrogen (secondary N) is 1. The van der Waals surface area contributed by atoms with Gasteiger partial charge in [0.2, 0.25) is 0 Å². The number of nitrogens with zero attached hydrogens (tertiary/aromatic N) is 3. The standard InChI is InChI=1S/C14H14F2N4O2/c1-22-14(21)20-3-2-8(6-20)19-13-9-4-10(15)11(16)5-12(9)17-7-18-13/h4-5,7-8H,2-3,6H2,1H3,(H,17,18,19)/t8-/m1/s1. The summed E-state index contributed by atoms with van der Waals surface area (Å²) in [6, 6.07) is 2.07. The average molecular weight is 308 g/mol. The van der Waals surface area contributed by atoms with Gasteiger partial charge >= 0.3 is 6.09 Å². The minimum Gasteiger partial charge on any atom is -0.453 e. The van der Waals surface area contributed by atoms with E-state index in [2.05, 4.69) is 20.0 Å². The van der Waals surface area contributed by atoms with E-state index in [-0.39, 0.29) is 12.1 Å². The zero-order valence-electron chi connectivity index (χ0n) is 11.8. The molecular weight excluding hydrogens is 294 g/mol. The van der Waals surface area contributed by atoms with Crippen LogP contribution in [0.15, 0.2) is 18.5 Å². The van der Waals surface area contributed by atoms with Crippen LogP contribution in [-0.4, -0.2) is 47.2 Å². The van der Waals surface area contributed by atoms with Gasteiger partial charge in [-0.3, -0.25) is 0 Å². The summed E-state index contributed by atoms with van der Waals surface area (Å²) in [5.41, 5.74) is 0.319. The molecule has 22 heavy (non-hydrogen) atoms. The highest BCUT2D eigenvalue weighted by atomic mass is 19.2. The molecule has 0 bridgehead atoms. The van der Waals surface area contributed by atoms with E-state index in [1.807, 2.05) is 0 Å². The van der Waals surface area contributed by atoms with E-state index < -0.39 is 11.6 Å². The maximum absolute atomic E-state index is 13.4. The molecule has 2 aromatic rings. The second kappa shape index (κ2) is 5.70. The Morgan fingerprint density at radius 3 is 2.91 bits per heavy atom. The van der Waals surface area contributed by atoms with Gasteiger partial charge in [-0.2, -0.15) is 0 Å². The highest BCUT2D eigenvalue weighted by Gasteiger charge is 2.27. The Bertz CT molecular complexity index is 725. The molecule has 2 heterocycles. The third-order valence-electron chi connectivity index (χ3n) is 3.64. The van der Waals surface area contributed by atoms with Gasteiger partial charge in [0.25, 0.3) is 0 Å². The van der Waals surface area contributed by atoms with Crippen LogP contribution in [0.5, 0.6) is 0 Å². The van der Waals surface area contributed by atoms with Crippen LogP contribution in [0.25, 0.3) is 10.9 Å². The van der Waals surface area contributed by atoms with E-state index in [9.17, 15) is 13.6 Å². The van der Waals surface area contributed by atoms with Crippen molar-refractivity contribution in [3.05, 3.63) is 30.1 Å². The second-order valence-electron chi connectivity index (χ2n) is 5.05. The first kappa shape index (κ1) is 14.4. The highest BCUT2D eigenvalue weighted by Crippen LogP contribution is 2.24. The number of hydrogen-bond acceptors (Lipinski definition) is 5. The van der Waals surface area contributed by atoms with Crippen molar-refractivity contribution in [2.75, 3.05) is 25.5 Å². The summed E-state index contributed by atoms with van der Waals surface area (Å²) in [4.78, 5) is 21.1. The third kappa shape index (κ3) is 2.63. The lowest BCUT2D eigenvalue weighted by Gasteiger charge is -2.16. The quantitative estimate of drug-likeness (QED) is 0.921. The number of amides is 1. The smallest absolute Gasteiger partial charge is 0.409 e. The van der Waals surface area contributed by atoms with Gasteiger partial charge in [0.05, 0.1) is 12.6 Å². The maximum atomic E-state index is 13.4. The largest absolute Gasteiger partial charge is 0.453 e. The highest BCUT2D eigenvalue weighted by molar-refractivity contribution is 5.89. The number of carbonyl (C=O) groups is 1. The molecule has 3 rings (SSSR count). The monoisotopic (exact) mass is 308 g/mol. The molecule has 0 saturated carbocycles. The van der Waals surface area contributed by atoms with Gasteiger partial charge in [0, 0.05) is 30.6 Å². The van der Waals surface area contributed by atoms with Crippen LogP contribution in [0.4, 0.5) is 19.4 Å². The molecule has 116 valence electrons. The molecule has 1 aliphatic heterocycles. The Morgan fingerprint density at radius 2 is 2.14 bits per heavy atom. The number of hydrogen-bond donors (Lipinski definition) is 1. The molecule has 6 nitrogen and oxygen atoms in total. The molecule has 0 unspecified atom stereocenters. The fourth-order valence-electron chi connectivity index (χ4n) is 2.53. The van der Waals surface area contributed by atoms with Crippen molar-refractivity contribution in [2.24, 2.45) is 0 Å². The topological polar surface area (TPSA) is 67.3 Å². The van der Waals surface area contributed by atoms with Gasteiger partial charge in [0.15, 0.2) is 11.6 Å². The maximum Gasteiger partial charge on any atom is 0.409 e. The average Bonchev–Trinajstić information content (AvgIpc) is 2.97. The van der Waals surface area contributed by atoms with Gasteiger partial charge in [-0.25, -0.2) is 23.5 Å². The van der Waals surface area contributed by atoms with Crippen LogP contribution in [-0.2, 0) is 4.74 Å². The second-order valence-corrected chi connectivity index (χ2v) is 5.05. The Hall–Kier alpha value is -2.51. The van der Waals surface area contributed by atoms with Crippen molar-refractivity contribution in [3.63, 3.8) is 0 Å². The summed E-state index contributed by atoms with van der Waals surface area (Å²) in [5, 5.41) is 3.55. The first-order valence-electron chi connectivity index (χ1n) is 6.77. The molecule has 0 spiro atoms. The van der Waals surface area contributed by atoms with E-state index >= 15 is 0 Å². The SMILES string of the molecule is COC(=O)N1CC[C@@H](Nc2ncnc3cc(F)c(F)cc23)C1. The molecule has 1 aromatic carbocycles. The fourth-order valence-corrected chi connectivity index (χ4v) is 2.53. The molecule has 1 fully saturated rings. The van der Waals surface area contributed by atoms with Crippen molar-refractivity contribution in [1.82, 2.24) is 14.9 Å². The number of carbonyl (C=O) groups excluding carboxylic acids is 1. The van der Waals surface area contributed by atoms with Crippen molar-refractivity contribution < 1.29 is 18.3 Å². The predicted octanol–water partition coefficient (Wildman–Crippen LogP) is 2.16. The van der Waals surface area contributed by atoms with Crippen molar-refractivity contribution in [2.45, 2.75) is 12.5 Å². The Kier molecular flexibility index (Phi) is 3.74. The van der Waals surface area contributed by atoms with Crippen LogP contribution in [0.1, 0.15) is 6.42 Å². The van der Waals surface area contributed by atoms with Gasteiger partial charge in [-0.05, 0) is 12.5 Å². The minimum atomic E-state index is -0.951. The molecule has 1 atom stereocenters. The van der Waals surface area contributed by atoms with E-state index in [0.717, 1.165) is 12.1 Å². The summed E-state index contributed by atoms with van der Waals surface area (Å²) < 4.78 is 31.4. The summed E-state index contributed by atoms with van der Waals surface area (Å²) >= 11 is 0. The van der Waals surface area contributed by atoms with E-state index in [1.165, 1.54) is 13.4 Å². The summed E-state index contributed by atoms with van der Waals surface area (Å²) in [6.07, 6.45) is 1.62. The number of anilines is 1. The Balaban J connectivity index is 1.83. The molecule has 0 radical (unpaired) electrons. The molecule has 1 aliphatic rings. The lowest BCUT2D eigenvalue weighted by atomic mass is 10.2. The first-order valence-corrected chi connectivity index (χ1v) is 6.77. The Labute approximate surface area is 125 Å². The molecule has 1 amide bonds. The Morgan fingerprint density at radius 1 is 1.36 bits per heavy atom. The lowest BCUT2D eigenvalue weighted by Crippen LogP contribution is -2.31. The zero-order valence-corrected chi connectivity index (χ0v) is 11.8. The van der Waals surface area contributed by atoms with E-state index in [0.29, 0.717) is 36.2 Å².